The van der Waals surface area contributed by atoms with Gasteiger partial charge in [-0.2, -0.15) is 13.2 Å². The summed E-state index contributed by atoms with van der Waals surface area (Å²) in [4.78, 5) is 12.1. The van der Waals surface area contributed by atoms with E-state index in [1.54, 1.807) is 13.8 Å². The Labute approximate surface area is 89.6 Å². The van der Waals surface area contributed by atoms with Crippen molar-refractivity contribution >= 4 is 21.8 Å². The minimum Gasteiger partial charge on any atom is -0.333 e. The number of carbonyl (C=O) groups excluding carboxylic acids is 1. The molecule has 0 aliphatic heterocycles. The average molecular weight is 276 g/mol. The summed E-state index contributed by atoms with van der Waals surface area (Å²) in [5.74, 6) is -0.877. The zero-order valence-electron chi connectivity index (χ0n) is 8.07. The van der Waals surface area contributed by atoms with Crippen molar-refractivity contribution in [2.75, 3.05) is 18.4 Å². The first kappa shape index (κ1) is 13.7. The maximum atomic E-state index is 12.0. The van der Waals surface area contributed by atoms with Gasteiger partial charge in [0.15, 0.2) is 0 Å². The number of amides is 1. The first-order chi connectivity index (χ1) is 6.28. The summed E-state index contributed by atoms with van der Waals surface area (Å²) in [6.45, 7) is 2.08. The van der Waals surface area contributed by atoms with E-state index in [0.29, 0.717) is 5.33 Å². The largest absolute Gasteiger partial charge is 0.406 e. The molecule has 14 heavy (non-hydrogen) atoms. The van der Waals surface area contributed by atoms with Crippen molar-refractivity contribution in [1.82, 2.24) is 4.90 Å². The quantitative estimate of drug-likeness (QED) is 0.722. The van der Waals surface area contributed by atoms with Crippen LogP contribution in [-0.2, 0) is 4.79 Å². The number of hydrogen-bond donors (Lipinski definition) is 0. The van der Waals surface area contributed by atoms with Gasteiger partial charge in [0, 0.05) is 17.8 Å². The predicted octanol–water partition coefficient (Wildman–Crippen LogP) is 2.43. The topological polar surface area (TPSA) is 20.3 Å². The first-order valence-electron chi connectivity index (χ1n) is 4.19. The van der Waals surface area contributed by atoms with Gasteiger partial charge in [-0.25, -0.2) is 0 Å². The summed E-state index contributed by atoms with van der Waals surface area (Å²) in [7, 11) is 0. The van der Waals surface area contributed by atoms with Crippen molar-refractivity contribution in [2.45, 2.75) is 20.0 Å². The molecular weight excluding hydrogens is 263 g/mol. The molecule has 0 unspecified atom stereocenters. The van der Waals surface area contributed by atoms with Gasteiger partial charge in [0.25, 0.3) is 0 Å². The second-order valence-electron chi connectivity index (χ2n) is 3.22. The minimum absolute atomic E-state index is 0.0799. The number of nitrogens with zero attached hydrogens (tertiary/aromatic N) is 1. The third-order valence-electron chi connectivity index (χ3n) is 1.53. The molecule has 0 aliphatic carbocycles. The minimum atomic E-state index is -4.33. The normalized spacial score (nSPS) is 11.9. The van der Waals surface area contributed by atoms with Gasteiger partial charge in [-0.3, -0.25) is 4.79 Å². The third-order valence-corrected chi connectivity index (χ3v) is 1.88. The maximum Gasteiger partial charge on any atom is 0.406 e. The van der Waals surface area contributed by atoms with Crippen LogP contribution < -0.4 is 0 Å². The highest BCUT2D eigenvalue weighted by Crippen LogP contribution is 2.17. The van der Waals surface area contributed by atoms with Crippen LogP contribution in [-0.4, -0.2) is 35.4 Å². The summed E-state index contributed by atoms with van der Waals surface area (Å²) in [6, 6.07) is 0. The van der Waals surface area contributed by atoms with Crippen LogP contribution in [0.4, 0.5) is 13.2 Å². The SMILES string of the molecule is CC(C)C(=O)N(CCBr)CC(F)(F)F. The molecule has 0 saturated carbocycles. The van der Waals surface area contributed by atoms with E-state index < -0.39 is 24.5 Å². The van der Waals surface area contributed by atoms with Crippen molar-refractivity contribution in [1.29, 1.82) is 0 Å². The molecule has 0 spiro atoms. The van der Waals surface area contributed by atoms with E-state index in [-0.39, 0.29) is 6.54 Å². The summed E-state index contributed by atoms with van der Waals surface area (Å²) < 4.78 is 36.1. The summed E-state index contributed by atoms with van der Waals surface area (Å²) in [5.41, 5.74) is 0. The fourth-order valence-electron chi connectivity index (χ4n) is 0.951. The second kappa shape index (κ2) is 5.58. The molecule has 0 N–H and O–H groups in total. The molecule has 0 heterocycles. The molecule has 0 rings (SSSR count). The molecule has 2 nitrogen and oxygen atoms in total. The van der Waals surface area contributed by atoms with E-state index in [1.165, 1.54) is 0 Å². The zero-order chi connectivity index (χ0) is 11.4. The van der Waals surface area contributed by atoms with Crippen LogP contribution in [0.3, 0.4) is 0 Å². The summed E-state index contributed by atoms with van der Waals surface area (Å²) in [5, 5.41) is 0.349. The Morgan fingerprint density at radius 3 is 2.21 bits per heavy atom. The molecule has 0 aliphatic rings. The van der Waals surface area contributed by atoms with Crippen LogP contribution in [0.5, 0.6) is 0 Å². The van der Waals surface area contributed by atoms with Gasteiger partial charge in [0.2, 0.25) is 5.91 Å². The van der Waals surface area contributed by atoms with Gasteiger partial charge in [0.1, 0.15) is 6.54 Å². The van der Waals surface area contributed by atoms with Crippen molar-refractivity contribution in [3.63, 3.8) is 0 Å². The van der Waals surface area contributed by atoms with E-state index in [4.69, 9.17) is 0 Å². The van der Waals surface area contributed by atoms with Gasteiger partial charge in [0.05, 0.1) is 0 Å². The van der Waals surface area contributed by atoms with Crippen molar-refractivity contribution < 1.29 is 18.0 Å². The fourth-order valence-corrected chi connectivity index (χ4v) is 1.38. The summed E-state index contributed by atoms with van der Waals surface area (Å²) in [6.07, 6.45) is -4.33. The molecule has 84 valence electrons. The lowest BCUT2D eigenvalue weighted by Gasteiger charge is -2.24. The highest BCUT2D eigenvalue weighted by atomic mass is 79.9. The lowest BCUT2D eigenvalue weighted by atomic mass is 10.2. The van der Waals surface area contributed by atoms with Crippen LogP contribution in [0.2, 0.25) is 0 Å². The monoisotopic (exact) mass is 275 g/mol. The summed E-state index contributed by atoms with van der Waals surface area (Å²) >= 11 is 3.01. The van der Waals surface area contributed by atoms with Gasteiger partial charge < -0.3 is 4.90 Å². The van der Waals surface area contributed by atoms with E-state index in [2.05, 4.69) is 15.9 Å². The Morgan fingerprint density at radius 1 is 1.43 bits per heavy atom. The Kier molecular flexibility index (Phi) is 5.48. The lowest BCUT2D eigenvalue weighted by molar-refractivity contribution is -0.162. The molecule has 0 saturated heterocycles. The molecule has 1 amide bonds. The maximum absolute atomic E-state index is 12.0. The molecule has 0 aromatic heterocycles. The Hall–Kier alpha value is -0.260. The molecule has 6 heteroatoms. The van der Waals surface area contributed by atoms with Gasteiger partial charge in [-0.15, -0.1) is 0 Å². The smallest absolute Gasteiger partial charge is 0.333 e. The predicted molar refractivity (Wildman–Crippen MR) is 51.3 cm³/mol. The zero-order valence-corrected chi connectivity index (χ0v) is 9.65. The van der Waals surface area contributed by atoms with Crippen LogP contribution in [0.25, 0.3) is 0 Å². The molecule has 0 aromatic carbocycles. The van der Waals surface area contributed by atoms with Crippen LogP contribution in [0.15, 0.2) is 0 Å². The Morgan fingerprint density at radius 2 is 1.93 bits per heavy atom. The van der Waals surface area contributed by atoms with Gasteiger partial charge in [-0.05, 0) is 0 Å². The van der Waals surface area contributed by atoms with Crippen LogP contribution in [0, 0.1) is 5.92 Å². The Balaban J connectivity index is 4.36. The van der Waals surface area contributed by atoms with Crippen LogP contribution >= 0.6 is 15.9 Å². The van der Waals surface area contributed by atoms with Crippen molar-refractivity contribution in [3.8, 4) is 0 Å². The first-order valence-corrected chi connectivity index (χ1v) is 5.31. The number of hydrogen-bond acceptors (Lipinski definition) is 1. The second-order valence-corrected chi connectivity index (χ2v) is 4.01. The van der Waals surface area contributed by atoms with Crippen molar-refractivity contribution in [2.24, 2.45) is 5.92 Å². The Bertz CT molecular complexity index is 194. The molecule has 0 bridgehead atoms. The molecule has 0 fully saturated rings. The number of alkyl halides is 4. The average Bonchev–Trinajstić information content (AvgIpc) is 1.99. The molecule has 0 atom stereocenters. The fraction of sp³-hybridized carbons (Fsp3) is 0.875. The number of rotatable bonds is 4. The van der Waals surface area contributed by atoms with E-state index >= 15 is 0 Å². The van der Waals surface area contributed by atoms with Crippen molar-refractivity contribution in [3.05, 3.63) is 0 Å². The molecule has 0 radical (unpaired) electrons. The number of carbonyl (C=O) groups is 1. The molecule has 0 aromatic rings. The van der Waals surface area contributed by atoms with E-state index in [1.807, 2.05) is 0 Å². The van der Waals surface area contributed by atoms with E-state index in [0.717, 1.165) is 4.90 Å². The highest BCUT2D eigenvalue weighted by molar-refractivity contribution is 9.09. The standard InChI is InChI=1S/C8H13BrF3NO/c1-6(2)7(14)13(4-3-9)5-8(10,11)12/h6H,3-5H2,1-2H3. The van der Waals surface area contributed by atoms with Crippen LogP contribution in [0.1, 0.15) is 13.8 Å². The van der Waals surface area contributed by atoms with E-state index in [9.17, 15) is 18.0 Å². The molecular formula is C8H13BrF3NO. The highest BCUT2D eigenvalue weighted by Gasteiger charge is 2.33. The van der Waals surface area contributed by atoms with Gasteiger partial charge >= 0.3 is 6.18 Å². The van der Waals surface area contributed by atoms with Gasteiger partial charge in [-0.1, -0.05) is 29.8 Å². The lowest BCUT2D eigenvalue weighted by Crippen LogP contribution is -2.42. The third kappa shape index (κ3) is 5.47. The number of halogens is 4.